The number of carbonyl (C=O) groups excluding carboxylic acids is 1. The van der Waals surface area contributed by atoms with Crippen LogP contribution in [-0.2, 0) is 10.0 Å². The van der Waals surface area contributed by atoms with Crippen molar-refractivity contribution in [2.45, 2.75) is 24.7 Å². The Bertz CT molecular complexity index is 980. The molecule has 0 aliphatic carbocycles. The number of ether oxygens (including phenoxy) is 2. The number of nitrogens with one attached hydrogen (secondary N) is 1. The second-order valence-electron chi connectivity index (χ2n) is 7.13. The van der Waals surface area contributed by atoms with E-state index in [0.717, 1.165) is 12.8 Å². The van der Waals surface area contributed by atoms with E-state index in [9.17, 15) is 13.2 Å². The van der Waals surface area contributed by atoms with Crippen molar-refractivity contribution in [3.63, 3.8) is 0 Å². The fourth-order valence-corrected chi connectivity index (χ4v) is 4.80. The van der Waals surface area contributed by atoms with Crippen molar-refractivity contribution in [2.24, 2.45) is 5.92 Å². The van der Waals surface area contributed by atoms with Crippen LogP contribution in [0.4, 0.5) is 5.69 Å². The number of amides is 1. The van der Waals surface area contributed by atoms with Crippen molar-refractivity contribution < 1.29 is 22.7 Å². The zero-order chi connectivity index (χ0) is 19.7. The molecule has 4 rings (SSSR count). The lowest BCUT2D eigenvalue weighted by Crippen LogP contribution is -2.37. The lowest BCUT2D eigenvalue weighted by Gasteiger charge is -2.29. The van der Waals surface area contributed by atoms with Gasteiger partial charge in [-0.25, -0.2) is 8.42 Å². The first-order valence-electron chi connectivity index (χ1n) is 9.25. The van der Waals surface area contributed by atoms with E-state index in [1.807, 2.05) is 0 Å². The minimum absolute atomic E-state index is 0.145. The van der Waals surface area contributed by atoms with Crippen molar-refractivity contribution in [3.05, 3.63) is 48.0 Å². The number of fused-ring (bicyclic) bond motifs is 1. The summed E-state index contributed by atoms with van der Waals surface area (Å²) in [7, 11) is -3.50. The van der Waals surface area contributed by atoms with Crippen LogP contribution in [0.25, 0.3) is 0 Å². The Labute approximate surface area is 164 Å². The van der Waals surface area contributed by atoms with Gasteiger partial charge in [-0.3, -0.25) is 4.79 Å². The van der Waals surface area contributed by atoms with Crippen LogP contribution < -0.4 is 14.8 Å². The predicted octanol–water partition coefficient (Wildman–Crippen LogP) is 3.09. The van der Waals surface area contributed by atoms with Gasteiger partial charge in [0.1, 0.15) is 0 Å². The summed E-state index contributed by atoms with van der Waals surface area (Å²) in [5.74, 6) is 1.39. The predicted molar refractivity (Wildman–Crippen MR) is 104 cm³/mol. The highest BCUT2D eigenvalue weighted by Crippen LogP contribution is 2.32. The van der Waals surface area contributed by atoms with Crippen molar-refractivity contribution in [1.82, 2.24) is 4.31 Å². The molecular formula is C20H22N2O5S. The summed E-state index contributed by atoms with van der Waals surface area (Å²) in [5.41, 5.74) is 0.956. The van der Waals surface area contributed by atoms with Gasteiger partial charge in [0, 0.05) is 24.3 Å². The van der Waals surface area contributed by atoms with E-state index in [1.165, 1.54) is 16.4 Å². The molecule has 2 aromatic carbocycles. The Kier molecular flexibility index (Phi) is 4.99. The molecule has 28 heavy (non-hydrogen) atoms. The number of piperidine rings is 1. The molecule has 2 aromatic rings. The van der Waals surface area contributed by atoms with Gasteiger partial charge < -0.3 is 14.8 Å². The van der Waals surface area contributed by atoms with Gasteiger partial charge in [0.25, 0.3) is 5.91 Å². The van der Waals surface area contributed by atoms with Crippen LogP contribution in [-0.4, -0.2) is 38.5 Å². The van der Waals surface area contributed by atoms with E-state index in [0.29, 0.717) is 41.8 Å². The third kappa shape index (κ3) is 3.70. The van der Waals surface area contributed by atoms with Crippen molar-refractivity contribution >= 4 is 21.6 Å². The third-order valence-corrected chi connectivity index (χ3v) is 7.04. The Morgan fingerprint density at radius 2 is 1.71 bits per heavy atom. The quantitative estimate of drug-likeness (QED) is 0.850. The number of sulfonamides is 1. The first-order valence-corrected chi connectivity index (χ1v) is 10.7. The standard InChI is InChI=1S/C20H22N2O5S/c1-14-8-10-22(11-9-14)28(24,25)17-5-3-16(4-6-17)21-20(23)15-2-7-18-19(12-15)27-13-26-18/h2-7,12,14H,8-11,13H2,1H3,(H,21,23). The van der Waals surface area contributed by atoms with E-state index in [4.69, 9.17) is 9.47 Å². The zero-order valence-electron chi connectivity index (χ0n) is 15.6. The van der Waals surface area contributed by atoms with Crippen LogP contribution in [0.15, 0.2) is 47.4 Å². The van der Waals surface area contributed by atoms with Gasteiger partial charge in [-0.2, -0.15) is 4.31 Å². The molecule has 1 fully saturated rings. The highest BCUT2D eigenvalue weighted by molar-refractivity contribution is 7.89. The molecule has 0 atom stereocenters. The van der Waals surface area contributed by atoms with E-state index in [1.54, 1.807) is 30.3 Å². The molecule has 1 saturated heterocycles. The fraction of sp³-hybridized carbons (Fsp3) is 0.350. The minimum atomic E-state index is -3.50. The van der Waals surface area contributed by atoms with Gasteiger partial charge >= 0.3 is 0 Å². The second kappa shape index (κ2) is 7.44. The zero-order valence-corrected chi connectivity index (χ0v) is 16.4. The maximum atomic E-state index is 12.8. The number of anilines is 1. The Morgan fingerprint density at radius 1 is 1.04 bits per heavy atom. The van der Waals surface area contributed by atoms with Crippen LogP contribution in [0.3, 0.4) is 0 Å². The highest BCUT2D eigenvalue weighted by Gasteiger charge is 2.28. The molecule has 1 amide bonds. The topological polar surface area (TPSA) is 84.9 Å². The molecule has 0 unspecified atom stereocenters. The Hall–Kier alpha value is -2.58. The summed E-state index contributed by atoms with van der Waals surface area (Å²) >= 11 is 0. The SMILES string of the molecule is CC1CCN(S(=O)(=O)c2ccc(NC(=O)c3ccc4c(c3)OCO4)cc2)CC1. The van der Waals surface area contributed by atoms with Crippen LogP contribution in [0.1, 0.15) is 30.1 Å². The average Bonchev–Trinajstić information content (AvgIpc) is 3.16. The Balaban J connectivity index is 1.45. The first kappa shape index (κ1) is 18.8. The second-order valence-corrected chi connectivity index (χ2v) is 9.07. The lowest BCUT2D eigenvalue weighted by molar-refractivity contribution is 0.102. The summed E-state index contributed by atoms with van der Waals surface area (Å²) in [6, 6.07) is 11.2. The lowest BCUT2D eigenvalue weighted by atomic mass is 10.0. The fourth-order valence-electron chi connectivity index (χ4n) is 3.33. The van der Waals surface area contributed by atoms with Gasteiger partial charge in [-0.15, -0.1) is 0 Å². The maximum Gasteiger partial charge on any atom is 0.255 e. The number of benzene rings is 2. The molecule has 148 valence electrons. The van der Waals surface area contributed by atoms with E-state index >= 15 is 0 Å². The average molecular weight is 402 g/mol. The molecule has 0 radical (unpaired) electrons. The molecule has 2 aliphatic heterocycles. The van der Waals surface area contributed by atoms with Gasteiger partial charge in [-0.05, 0) is 61.2 Å². The molecular weight excluding hydrogens is 380 g/mol. The number of rotatable bonds is 4. The molecule has 0 spiro atoms. The Morgan fingerprint density at radius 3 is 2.43 bits per heavy atom. The van der Waals surface area contributed by atoms with Gasteiger partial charge in [0.15, 0.2) is 11.5 Å². The number of hydrogen-bond donors (Lipinski definition) is 1. The maximum absolute atomic E-state index is 12.8. The van der Waals surface area contributed by atoms with Crippen LogP contribution in [0.5, 0.6) is 11.5 Å². The van der Waals surface area contributed by atoms with Crippen molar-refractivity contribution in [1.29, 1.82) is 0 Å². The third-order valence-electron chi connectivity index (χ3n) is 5.13. The normalized spacial score (nSPS) is 17.5. The summed E-state index contributed by atoms with van der Waals surface area (Å²) in [5, 5.41) is 2.77. The molecule has 0 saturated carbocycles. The highest BCUT2D eigenvalue weighted by atomic mass is 32.2. The largest absolute Gasteiger partial charge is 0.454 e. The molecule has 2 aliphatic rings. The molecule has 1 N–H and O–H groups in total. The van der Waals surface area contributed by atoms with Gasteiger partial charge in [0.2, 0.25) is 16.8 Å². The van der Waals surface area contributed by atoms with Crippen LogP contribution in [0, 0.1) is 5.92 Å². The number of nitrogens with zero attached hydrogens (tertiary/aromatic N) is 1. The van der Waals surface area contributed by atoms with Gasteiger partial charge in [0.05, 0.1) is 4.90 Å². The van der Waals surface area contributed by atoms with E-state index in [2.05, 4.69) is 12.2 Å². The van der Waals surface area contributed by atoms with Crippen molar-refractivity contribution in [2.75, 3.05) is 25.2 Å². The van der Waals surface area contributed by atoms with Crippen LogP contribution >= 0.6 is 0 Å². The first-order chi connectivity index (χ1) is 13.4. The monoisotopic (exact) mass is 402 g/mol. The summed E-state index contributed by atoms with van der Waals surface area (Å²) in [6.07, 6.45) is 1.76. The summed E-state index contributed by atoms with van der Waals surface area (Å²) < 4.78 is 37.6. The van der Waals surface area contributed by atoms with Crippen LogP contribution in [0.2, 0.25) is 0 Å². The summed E-state index contributed by atoms with van der Waals surface area (Å²) in [4.78, 5) is 12.7. The number of carbonyl (C=O) groups is 1. The van der Waals surface area contributed by atoms with E-state index < -0.39 is 10.0 Å². The molecule has 7 nitrogen and oxygen atoms in total. The van der Waals surface area contributed by atoms with Gasteiger partial charge in [-0.1, -0.05) is 6.92 Å². The molecule has 0 aromatic heterocycles. The number of hydrogen-bond acceptors (Lipinski definition) is 5. The molecule has 0 bridgehead atoms. The molecule has 2 heterocycles. The van der Waals surface area contributed by atoms with E-state index in [-0.39, 0.29) is 17.6 Å². The summed E-state index contributed by atoms with van der Waals surface area (Å²) in [6.45, 7) is 3.38. The smallest absolute Gasteiger partial charge is 0.255 e. The van der Waals surface area contributed by atoms with Crippen molar-refractivity contribution in [3.8, 4) is 11.5 Å². The molecule has 8 heteroatoms. The minimum Gasteiger partial charge on any atom is -0.454 e.